The van der Waals surface area contributed by atoms with E-state index in [2.05, 4.69) is 11.5 Å². The fourth-order valence-corrected chi connectivity index (χ4v) is 1.93. The van der Waals surface area contributed by atoms with Crippen LogP contribution in [-0.2, 0) is 0 Å². The van der Waals surface area contributed by atoms with Gasteiger partial charge in [-0.3, -0.25) is 4.90 Å². The van der Waals surface area contributed by atoms with Crippen molar-refractivity contribution < 1.29 is 0 Å². The fraction of sp³-hybridized carbons (Fsp3) is 0.778. The van der Waals surface area contributed by atoms with Gasteiger partial charge in [-0.25, -0.2) is 0 Å². The third kappa shape index (κ3) is 2.21. The predicted molar refractivity (Wildman–Crippen MR) is 50.1 cm³/mol. The maximum absolute atomic E-state index is 6.01. The molecule has 1 heterocycles. The minimum absolute atomic E-state index is 0.186. The van der Waals surface area contributed by atoms with Crippen LogP contribution in [0, 0.1) is 0 Å². The van der Waals surface area contributed by atoms with Gasteiger partial charge in [0.05, 0.1) is 0 Å². The van der Waals surface area contributed by atoms with Gasteiger partial charge in [0, 0.05) is 11.4 Å². The second kappa shape index (κ2) is 4.13. The van der Waals surface area contributed by atoms with E-state index in [1.54, 1.807) is 0 Å². The second-order valence-electron chi connectivity index (χ2n) is 3.15. The average molecular weight is 174 g/mol. The first-order valence-electron chi connectivity index (χ1n) is 4.26. The molecule has 1 fully saturated rings. The molecule has 0 N–H and O–H groups in total. The van der Waals surface area contributed by atoms with Gasteiger partial charge in [0.25, 0.3) is 0 Å². The molecular weight excluding hydrogens is 158 g/mol. The van der Waals surface area contributed by atoms with E-state index >= 15 is 0 Å². The third-order valence-electron chi connectivity index (χ3n) is 2.27. The van der Waals surface area contributed by atoms with Crippen LogP contribution in [0.4, 0.5) is 0 Å². The van der Waals surface area contributed by atoms with Crippen molar-refractivity contribution in [2.75, 3.05) is 13.1 Å². The predicted octanol–water partition coefficient (Wildman–Crippen LogP) is 2.26. The van der Waals surface area contributed by atoms with E-state index in [1.807, 2.05) is 13.0 Å². The third-order valence-corrected chi connectivity index (χ3v) is 2.53. The second-order valence-corrected chi connectivity index (χ2v) is 3.84. The number of likely N-dealkylation sites (tertiary alicyclic amines) is 1. The summed E-state index contributed by atoms with van der Waals surface area (Å²) < 4.78 is 0. The zero-order valence-corrected chi connectivity index (χ0v) is 7.85. The van der Waals surface area contributed by atoms with Crippen molar-refractivity contribution in [1.82, 2.24) is 4.90 Å². The van der Waals surface area contributed by atoms with Crippen LogP contribution < -0.4 is 0 Å². The molecule has 0 aromatic heterocycles. The highest BCUT2D eigenvalue weighted by Gasteiger charge is 2.22. The van der Waals surface area contributed by atoms with Gasteiger partial charge in [-0.05, 0) is 32.9 Å². The van der Waals surface area contributed by atoms with Crippen LogP contribution in [0.5, 0.6) is 0 Å². The van der Waals surface area contributed by atoms with Crippen molar-refractivity contribution in [3.05, 3.63) is 12.7 Å². The lowest BCUT2D eigenvalue weighted by atomic mass is 10.2. The quantitative estimate of drug-likeness (QED) is 0.468. The Morgan fingerprint density at radius 3 is 2.36 bits per heavy atom. The number of rotatable bonds is 3. The van der Waals surface area contributed by atoms with E-state index in [0.29, 0.717) is 6.04 Å². The summed E-state index contributed by atoms with van der Waals surface area (Å²) in [7, 11) is 0. The van der Waals surface area contributed by atoms with Gasteiger partial charge < -0.3 is 0 Å². The largest absolute Gasteiger partial charge is 0.295 e. The normalized spacial score (nSPS) is 24.9. The minimum Gasteiger partial charge on any atom is -0.295 e. The van der Waals surface area contributed by atoms with E-state index in [0.717, 1.165) is 0 Å². The molecule has 2 unspecified atom stereocenters. The molecular formula is C9H16ClN. The summed E-state index contributed by atoms with van der Waals surface area (Å²) in [5, 5.41) is 0.186. The van der Waals surface area contributed by atoms with Gasteiger partial charge in [-0.1, -0.05) is 6.08 Å². The highest BCUT2D eigenvalue weighted by atomic mass is 35.5. The average Bonchev–Trinajstić information content (AvgIpc) is 2.40. The lowest BCUT2D eigenvalue weighted by Gasteiger charge is -2.26. The molecule has 1 aliphatic rings. The molecule has 0 amide bonds. The Labute approximate surface area is 74.0 Å². The summed E-state index contributed by atoms with van der Waals surface area (Å²) >= 11 is 6.01. The van der Waals surface area contributed by atoms with E-state index < -0.39 is 0 Å². The Kier molecular flexibility index (Phi) is 3.41. The van der Waals surface area contributed by atoms with Crippen molar-refractivity contribution in [2.24, 2.45) is 0 Å². The molecule has 0 radical (unpaired) electrons. The van der Waals surface area contributed by atoms with Gasteiger partial charge >= 0.3 is 0 Å². The molecule has 1 nitrogen and oxygen atoms in total. The molecule has 11 heavy (non-hydrogen) atoms. The van der Waals surface area contributed by atoms with Crippen LogP contribution in [-0.4, -0.2) is 29.4 Å². The van der Waals surface area contributed by atoms with Crippen molar-refractivity contribution in [3.8, 4) is 0 Å². The van der Waals surface area contributed by atoms with Gasteiger partial charge in [-0.2, -0.15) is 0 Å². The Morgan fingerprint density at radius 1 is 1.45 bits per heavy atom. The number of alkyl halides is 1. The molecule has 0 aromatic carbocycles. The van der Waals surface area contributed by atoms with Crippen LogP contribution in [0.3, 0.4) is 0 Å². The molecule has 64 valence electrons. The van der Waals surface area contributed by atoms with Gasteiger partial charge in [0.2, 0.25) is 0 Å². The Morgan fingerprint density at radius 2 is 2.00 bits per heavy atom. The maximum atomic E-state index is 6.01. The molecule has 2 atom stereocenters. The molecule has 0 aliphatic carbocycles. The molecule has 0 bridgehead atoms. The molecule has 0 saturated carbocycles. The molecule has 0 aromatic rings. The minimum atomic E-state index is 0.186. The molecule has 0 spiro atoms. The van der Waals surface area contributed by atoms with Gasteiger partial charge in [-0.15, -0.1) is 18.2 Å². The summed E-state index contributed by atoms with van der Waals surface area (Å²) in [6, 6.07) is 0.374. The van der Waals surface area contributed by atoms with Crippen LogP contribution in [0.1, 0.15) is 19.8 Å². The highest BCUT2D eigenvalue weighted by Crippen LogP contribution is 2.17. The van der Waals surface area contributed by atoms with Crippen LogP contribution >= 0.6 is 11.6 Å². The zero-order chi connectivity index (χ0) is 8.27. The van der Waals surface area contributed by atoms with Gasteiger partial charge in [0.1, 0.15) is 0 Å². The first kappa shape index (κ1) is 9.08. The fourth-order valence-electron chi connectivity index (χ4n) is 1.67. The summed E-state index contributed by atoms with van der Waals surface area (Å²) in [4.78, 5) is 2.41. The van der Waals surface area contributed by atoms with Crippen molar-refractivity contribution in [3.63, 3.8) is 0 Å². The smallest absolute Gasteiger partial charge is 0.0498 e. The highest BCUT2D eigenvalue weighted by molar-refractivity contribution is 6.21. The SMILES string of the molecule is C=CC(C(C)Cl)N1CCCC1. The van der Waals surface area contributed by atoms with Crippen molar-refractivity contribution in [2.45, 2.75) is 31.2 Å². The van der Waals surface area contributed by atoms with Crippen molar-refractivity contribution in [1.29, 1.82) is 0 Å². The van der Waals surface area contributed by atoms with Gasteiger partial charge in [0.15, 0.2) is 0 Å². The summed E-state index contributed by atoms with van der Waals surface area (Å²) in [5.41, 5.74) is 0. The molecule has 2 heteroatoms. The number of hydrogen-bond donors (Lipinski definition) is 0. The number of halogens is 1. The molecule has 1 saturated heterocycles. The first-order valence-corrected chi connectivity index (χ1v) is 4.70. The Hall–Kier alpha value is -0.0100. The van der Waals surface area contributed by atoms with Crippen LogP contribution in [0.15, 0.2) is 12.7 Å². The first-order chi connectivity index (χ1) is 5.25. The number of nitrogens with zero attached hydrogens (tertiary/aromatic N) is 1. The lowest BCUT2D eigenvalue weighted by Crippen LogP contribution is -2.36. The summed E-state index contributed by atoms with van der Waals surface area (Å²) in [6.07, 6.45) is 4.59. The van der Waals surface area contributed by atoms with Crippen molar-refractivity contribution >= 4 is 11.6 Å². The standard InChI is InChI=1S/C9H16ClN/c1-3-9(8(2)10)11-6-4-5-7-11/h3,8-9H,1,4-7H2,2H3. The van der Waals surface area contributed by atoms with E-state index in [4.69, 9.17) is 11.6 Å². The topological polar surface area (TPSA) is 3.24 Å². The Bertz CT molecular complexity index is 128. The lowest BCUT2D eigenvalue weighted by molar-refractivity contribution is 0.281. The molecule has 1 aliphatic heterocycles. The maximum Gasteiger partial charge on any atom is 0.0498 e. The van der Waals surface area contributed by atoms with Crippen LogP contribution in [0.25, 0.3) is 0 Å². The van der Waals surface area contributed by atoms with E-state index in [-0.39, 0.29) is 5.38 Å². The number of hydrogen-bond acceptors (Lipinski definition) is 1. The monoisotopic (exact) mass is 173 g/mol. The zero-order valence-electron chi connectivity index (χ0n) is 7.09. The van der Waals surface area contributed by atoms with E-state index in [9.17, 15) is 0 Å². The van der Waals surface area contributed by atoms with Crippen LogP contribution in [0.2, 0.25) is 0 Å². The van der Waals surface area contributed by atoms with E-state index in [1.165, 1.54) is 25.9 Å². The summed E-state index contributed by atoms with van der Waals surface area (Å²) in [5.74, 6) is 0. The molecule has 1 rings (SSSR count). The Balaban J connectivity index is 2.46. The summed E-state index contributed by atoms with van der Waals surface area (Å²) in [6.45, 7) is 8.21.